The fourth-order valence-corrected chi connectivity index (χ4v) is 3.80. The number of nitro benzene ring substituents is 1. The first-order valence-corrected chi connectivity index (χ1v) is 8.98. The van der Waals surface area contributed by atoms with Gasteiger partial charge < -0.3 is 9.84 Å². The third-order valence-corrected chi connectivity index (χ3v) is 5.23. The number of thiocarbonyl (C=S) groups is 1. The molecule has 1 heterocycles. The first-order chi connectivity index (χ1) is 12.9. The van der Waals surface area contributed by atoms with E-state index in [2.05, 4.69) is 0 Å². The Bertz CT molecular complexity index is 960. The van der Waals surface area contributed by atoms with E-state index in [-0.39, 0.29) is 11.7 Å². The number of carbonyl (C=O) groups is 1. The zero-order chi connectivity index (χ0) is 19.6. The minimum absolute atomic E-state index is 0.0461. The maximum Gasteiger partial charge on any atom is 0.315 e. The predicted octanol–water partition coefficient (Wildman–Crippen LogP) is 3.71. The zero-order valence-corrected chi connectivity index (χ0v) is 15.8. The number of carbonyl (C=O) groups excluding carboxylic acids is 1. The van der Waals surface area contributed by atoms with Crippen LogP contribution >= 0.6 is 24.0 Å². The highest BCUT2D eigenvalue weighted by Gasteiger charge is 2.32. The number of ether oxygens (including phenoxy) is 1. The van der Waals surface area contributed by atoms with Crippen LogP contribution in [0.15, 0.2) is 47.4 Å². The van der Waals surface area contributed by atoms with Gasteiger partial charge in [0.15, 0.2) is 5.75 Å². The van der Waals surface area contributed by atoms with Crippen molar-refractivity contribution in [2.45, 2.75) is 6.54 Å². The van der Waals surface area contributed by atoms with Gasteiger partial charge in [0.2, 0.25) is 5.75 Å². The number of phenols is 1. The van der Waals surface area contributed by atoms with Crippen LogP contribution in [-0.4, -0.2) is 32.3 Å². The van der Waals surface area contributed by atoms with Crippen LogP contribution in [0.25, 0.3) is 6.08 Å². The van der Waals surface area contributed by atoms with E-state index in [1.165, 1.54) is 30.2 Å². The number of hydrogen-bond donors (Lipinski definition) is 1. The van der Waals surface area contributed by atoms with Crippen molar-refractivity contribution in [1.29, 1.82) is 0 Å². The molecule has 3 rings (SSSR count). The van der Waals surface area contributed by atoms with Crippen molar-refractivity contribution in [1.82, 2.24) is 4.90 Å². The smallest absolute Gasteiger partial charge is 0.315 e. The molecule has 138 valence electrons. The topological polar surface area (TPSA) is 92.9 Å². The minimum Gasteiger partial charge on any atom is -0.500 e. The highest BCUT2D eigenvalue weighted by Crippen LogP contribution is 2.39. The Morgan fingerprint density at radius 3 is 2.67 bits per heavy atom. The second-order valence-electron chi connectivity index (χ2n) is 5.60. The molecule has 0 unspecified atom stereocenters. The standard InChI is InChI=1S/C18H14N2O5S2/c1-25-14-8-12(7-13(16(14)21)20(23)24)9-15-17(22)19(18(26)27-15)10-11-5-3-2-4-6-11/h2-9,21H,10H2,1H3/b15-9-. The maximum atomic E-state index is 12.7. The van der Waals surface area contributed by atoms with E-state index in [1.807, 2.05) is 30.3 Å². The van der Waals surface area contributed by atoms with Gasteiger partial charge in [-0.1, -0.05) is 54.3 Å². The van der Waals surface area contributed by atoms with Gasteiger partial charge >= 0.3 is 5.69 Å². The van der Waals surface area contributed by atoms with Crippen molar-refractivity contribution < 1.29 is 19.6 Å². The molecule has 1 N–H and O–H groups in total. The molecule has 0 spiro atoms. The number of amides is 1. The first kappa shape index (κ1) is 18.9. The average Bonchev–Trinajstić information content (AvgIpc) is 2.91. The average molecular weight is 402 g/mol. The molecule has 0 radical (unpaired) electrons. The summed E-state index contributed by atoms with van der Waals surface area (Å²) in [7, 11) is 1.29. The summed E-state index contributed by atoms with van der Waals surface area (Å²) in [6, 6.07) is 12.1. The lowest BCUT2D eigenvalue weighted by atomic mass is 10.1. The largest absolute Gasteiger partial charge is 0.500 e. The van der Waals surface area contributed by atoms with E-state index in [4.69, 9.17) is 17.0 Å². The van der Waals surface area contributed by atoms with Crippen molar-refractivity contribution in [2.75, 3.05) is 7.11 Å². The summed E-state index contributed by atoms with van der Waals surface area (Å²) in [5.41, 5.74) is 0.800. The molecule has 0 bridgehead atoms. The summed E-state index contributed by atoms with van der Waals surface area (Å²) in [6.07, 6.45) is 1.50. The summed E-state index contributed by atoms with van der Waals surface area (Å²) in [6.45, 7) is 0.349. The third-order valence-electron chi connectivity index (χ3n) is 3.85. The Balaban J connectivity index is 1.92. The molecule has 7 nitrogen and oxygen atoms in total. The van der Waals surface area contributed by atoms with E-state index in [0.29, 0.717) is 21.3 Å². The zero-order valence-electron chi connectivity index (χ0n) is 14.1. The van der Waals surface area contributed by atoms with Crippen LogP contribution in [0, 0.1) is 10.1 Å². The number of hydrogen-bond acceptors (Lipinski definition) is 7. The molecule has 1 aliphatic heterocycles. The second-order valence-corrected chi connectivity index (χ2v) is 7.28. The van der Waals surface area contributed by atoms with Crippen LogP contribution in [-0.2, 0) is 11.3 Å². The minimum atomic E-state index is -0.712. The number of thioether (sulfide) groups is 1. The van der Waals surface area contributed by atoms with Gasteiger partial charge in [-0.15, -0.1) is 0 Å². The lowest BCUT2D eigenvalue weighted by Gasteiger charge is -2.14. The normalized spacial score (nSPS) is 15.4. The van der Waals surface area contributed by atoms with Crippen molar-refractivity contribution >= 4 is 46.0 Å². The van der Waals surface area contributed by atoms with Crippen LogP contribution in [0.4, 0.5) is 5.69 Å². The van der Waals surface area contributed by atoms with Gasteiger partial charge in [-0.2, -0.15) is 0 Å². The number of benzene rings is 2. The van der Waals surface area contributed by atoms with Gasteiger partial charge in [-0.25, -0.2) is 0 Å². The van der Waals surface area contributed by atoms with Gasteiger partial charge in [0.25, 0.3) is 5.91 Å². The number of nitrogens with zero attached hydrogens (tertiary/aromatic N) is 2. The summed E-state index contributed by atoms with van der Waals surface area (Å²) in [4.78, 5) is 24.9. The molecule has 0 aromatic heterocycles. The van der Waals surface area contributed by atoms with E-state index < -0.39 is 16.4 Å². The molecule has 2 aromatic rings. The fourth-order valence-electron chi connectivity index (χ4n) is 2.55. The number of phenolic OH excluding ortho intramolecular Hbond substituents is 1. The van der Waals surface area contributed by atoms with Gasteiger partial charge in [-0.05, 0) is 23.3 Å². The van der Waals surface area contributed by atoms with Crippen molar-refractivity contribution in [3.05, 3.63) is 68.6 Å². The Morgan fingerprint density at radius 2 is 2.04 bits per heavy atom. The van der Waals surface area contributed by atoms with E-state index in [0.717, 1.165) is 17.3 Å². The molecule has 0 aliphatic carbocycles. The molecule has 0 atom stereocenters. The number of rotatable bonds is 5. The van der Waals surface area contributed by atoms with Crippen LogP contribution in [0.3, 0.4) is 0 Å². The summed E-state index contributed by atoms with van der Waals surface area (Å²) >= 11 is 6.42. The predicted molar refractivity (Wildman–Crippen MR) is 106 cm³/mol. The summed E-state index contributed by atoms with van der Waals surface area (Å²) in [5.74, 6) is -0.880. The monoisotopic (exact) mass is 402 g/mol. The second kappa shape index (κ2) is 7.77. The Labute approximate surface area is 164 Å². The number of aromatic hydroxyl groups is 1. The number of methoxy groups -OCH3 is 1. The van der Waals surface area contributed by atoms with Crippen LogP contribution < -0.4 is 4.74 Å². The fraction of sp³-hybridized carbons (Fsp3) is 0.111. The summed E-state index contributed by atoms with van der Waals surface area (Å²) in [5, 5.41) is 21.0. The van der Waals surface area contributed by atoms with E-state index in [9.17, 15) is 20.0 Å². The summed E-state index contributed by atoms with van der Waals surface area (Å²) < 4.78 is 5.39. The molecule has 1 amide bonds. The molecular formula is C18H14N2O5S2. The molecule has 2 aromatic carbocycles. The van der Waals surface area contributed by atoms with Crippen LogP contribution in [0.5, 0.6) is 11.5 Å². The molecule has 1 fully saturated rings. The molecule has 0 saturated carbocycles. The van der Waals surface area contributed by atoms with E-state index >= 15 is 0 Å². The lowest BCUT2D eigenvalue weighted by Crippen LogP contribution is -2.27. The van der Waals surface area contributed by atoms with Gasteiger partial charge in [0.1, 0.15) is 4.32 Å². The third kappa shape index (κ3) is 3.93. The van der Waals surface area contributed by atoms with Gasteiger partial charge in [0, 0.05) is 6.07 Å². The van der Waals surface area contributed by atoms with Crippen LogP contribution in [0.2, 0.25) is 0 Å². The maximum absolute atomic E-state index is 12.7. The molecule has 27 heavy (non-hydrogen) atoms. The van der Waals surface area contributed by atoms with Crippen LogP contribution in [0.1, 0.15) is 11.1 Å². The lowest BCUT2D eigenvalue weighted by molar-refractivity contribution is -0.386. The highest BCUT2D eigenvalue weighted by molar-refractivity contribution is 8.26. The van der Waals surface area contributed by atoms with Gasteiger partial charge in [0.05, 0.1) is 23.5 Å². The molecular weight excluding hydrogens is 388 g/mol. The van der Waals surface area contributed by atoms with Gasteiger partial charge in [-0.3, -0.25) is 19.8 Å². The molecule has 1 aliphatic rings. The Hall–Kier alpha value is -2.91. The van der Waals surface area contributed by atoms with Crippen molar-refractivity contribution in [3.63, 3.8) is 0 Å². The Kier molecular flexibility index (Phi) is 5.43. The van der Waals surface area contributed by atoms with Crippen molar-refractivity contribution in [3.8, 4) is 11.5 Å². The number of nitro groups is 1. The van der Waals surface area contributed by atoms with Crippen molar-refractivity contribution in [2.24, 2.45) is 0 Å². The van der Waals surface area contributed by atoms with E-state index in [1.54, 1.807) is 0 Å². The molecule has 1 saturated heterocycles. The quantitative estimate of drug-likeness (QED) is 0.353. The first-order valence-electron chi connectivity index (χ1n) is 7.75. The Morgan fingerprint density at radius 1 is 1.33 bits per heavy atom. The highest BCUT2D eigenvalue weighted by atomic mass is 32.2. The SMILES string of the molecule is COc1cc(/C=C2\SC(=S)N(Cc3ccccc3)C2=O)cc([N+](=O)[O-])c1O. The molecule has 9 heteroatoms.